The summed E-state index contributed by atoms with van der Waals surface area (Å²) in [5, 5.41) is 3.40. The lowest BCUT2D eigenvalue weighted by Gasteiger charge is -2.18. The molecule has 0 amide bonds. The van der Waals surface area contributed by atoms with Crippen LogP contribution in [0.3, 0.4) is 0 Å². The third-order valence-electron chi connectivity index (χ3n) is 2.25. The van der Waals surface area contributed by atoms with Gasteiger partial charge >= 0.3 is 0 Å². The lowest BCUT2D eigenvalue weighted by atomic mass is 9.98. The van der Waals surface area contributed by atoms with Crippen LogP contribution in [0.25, 0.3) is 0 Å². The predicted octanol–water partition coefficient (Wildman–Crippen LogP) is 2.44. The smallest absolute Gasteiger partial charge is 0.0219 e. The molecule has 0 aromatic heterocycles. The Labute approximate surface area is 70.9 Å². The quantitative estimate of drug-likeness (QED) is 0.601. The van der Waals surface area contributed by atoms with Crippen LogP contribution in [0.5, 0.6) is 0 Å². The van der Waals surface area contributed by atoms with Crippen LogP contribution in [0.1, 0.15) is 27.7 Å². The first-order valence-electron chi connectivity index (χ1n) is 4.43. The zero-order chi connectivity index (χ0) is 8.85. The molecule has 0 fully saturated rings. The molecule has 0 aromatic carbocycles. The topological polar surface area (TPSA) is 12.0 Å². The maximum absolute atomic E-state index is 3.72. The summed E-state index contributed by atoms with van der Waals surface area (Å²) in [6.45, 7) is 13.7. The van der Waals surface area contributed by atoms with Crippen LogP contribution in [0.4, 0.5) is 0 Å². The Morgan fingerprint density at radius 3 is 2.18 bits per heavy atom. The second kappa shape index (κ2) is 5.36. The molecule has 0 aromatic rings. The second-order valence-electron chi connectivity index (χ2n) is 3.65. The van der Waals surface area contributed by atoms with Gasteiger partial charge in [-0.2, -0.15) is 0 Å². The van der Waals surface area contributed by atoms with Gasteiger partial charge in [-0.1, -0.05) is 26.8 Å². The molecule has 11 heavy (non-hydrogen) atoms. The van der Waals surface area contributed by atoms with Crippen LogP contribution in [-0.4, -0.2) is 12.6 Å². The summed E-state index contributed by atoms with van der Waals surface area (Å²) in [5.41, 5.74) is 0. The highest BCUT2D eigenvalue weighted by atomic mass is 14.9. The molecule has 1 N–H and O–H groups in total. The van der Waals surface area contributed by atoms with Gasteiger partial charge in [-0.25, -0.2) is 0 Å². The average molecular weight is 155 g/mol. The summed E-state index contributed by atoms with van der Waals surface area (Å²) in [7, 11) is 0. The summed E-state index contributed by atoms with van der Waals surface area (Å²) >= 11 is 0. The van der Waals surface area contributed by atoms with E-state index in [2.05, 4.69) is 39.6 Å². The minimum atomic E-state index is 0.441. The molecule has 66 valence electrons. The van der Waals surface area contributed by atoms with Crippen molar-refractivity contribution in [2.75, 3.05) is 6.54 Å². The van der Waals surface area contributed by atoms with E-state index in [0.29, 0.717) is 6.04 Å². The Bertz CT molecular complexity index is 107. The van der Waals surface area contributed by atoms with Crippen LogP contribution in [0.15, 0.2) is 12.7 Å². The van der Waals surface area contributed by atoms with Crippen molar-refractivity contribution in [2.24, 2.45) is 11.8 Å². The Morgan fingerprint density at radius 1 is 1.27 bits per heavy atom. The summed E-state index contributed by atoms with van der Waals surface area (Å²) in [6, 6.07) is 0.441. The highest BCUT2D eigenvalue weighted by Crippen LogP contribution is 2.07. The van der Waals surface area contributed by atoms with Gasteiger partial charge in [0, 0.05) is 6.04 Å². The van der Waals surface area contributed by atoms with Crippen molar-refractivity contribution in [3.05, 3.63) is 12.7 Å². The van der Waals surface area contributed by atoms with Crippen molar-refractivity contribution in [2.45, 2.75) is 33.7 Å². The molecule has 0 saturated carbocycles. The maximum atomic E-state index is 3.72. The molecule has 0 saturated heterocycles. The van der Waals surface area contributed by atoms with E-state index in [1.807, 2.05) is 6.08 Å². The molecule has 0 spiro atoms. The molecule has 0 aliphatic rings. The van der Waals surface area contributed by atoms with Crippen molar-refractivity contribution >= 4 is 0 Å². The fourth-order valence-corrected chi connectivity index (χ4v) is 0.691. The van der Waals surface area contributed by atoms with Gasteiger partial charge in [0.25, 0.3) is 0 Å². The van der Waals surface area contributed by atoms with E-state index in [9.17, 15) is 0 Å². The first kappa shape index (κ1) is 10.7. The SMILES string of the molecule is C=CC(C)NCC(C)C(C)C. The molecule has 2 unspecified atom stereocenters. The predicted molar refractivity (Wildman–Crippen MR) is 51.7 cm³/mol. The van der Waals surface area contributed by atoms with Gasteiger partial charge in [0.1, 0.15) is 0 Å². The molecule has 0 rings (SSSR count). The lowest BCUT2D eigenvalue weighted by Crippen LogP contribution is -2.30. The van der Waals surface area contributed by atoms with Crippen molar-refractivity contribution in [3.8, 4) is 0 Å². The summed E-state index contributed by atoms with van der Waals surface area (Å²) in [6.07, 6.45) is 1.94. The third kappa shape index (κ3) is 5.02. The lowest BCUT2D eigenvalue weighted by molar-refractivity contribution is 0.386. The van der Waals surface area contributed by atoms with Crippen LogP contribution >= 0.6 is 0 Å². The van der Waals surface area contributed by atoms with Gasteiger partial charge in [-0.3, -0.25) is 0 Å². The molecule has 0 radical (unpaired) electrons. The van der Waals surface area contributed by atoms with Crippen molar-refractivity contribution in [1.82, 2.24) is 5.32 Å². The summed E-state index contributed by atoms with van der Waals surface area (Å²) in [4.78, 5) is 0. The number of hydrogen-bond acceptors (Lipinski definition) is 1. The van der Waals surface area contributed by atoms with Crippen LogP contribution < -0.4 is 5.32 Å². The molecular weight excluding hydrogens is 134 g/mol. The fourth-order valence-electron chi connectivity index (χ4n) is 0.691. The van der Waals surface area contributed by atoms with Crippen molar-refractivity contribution in [3.63, 3.8) is 0 Å². The maximum Gasteiger partial charge on any atom is 0.0219 e. The van der Waals surface area contributed by atoms with Gasteiger partial charge < -0.3 is 5.32 Å². The summed E-state index contributed by atoms with van der Waals surface area (Å²) in [5.74, 6) is 1.51. The van der Waals surface area contributed by atoms with Gasteiger partial charge in [0.2, 0.25) is 0 Å². The Balaban J connectivity index is 3.45. The Hall–Kier alpha value is -0.300. The molecule has 0 bridgehead atoms. The first-order chi connectivity index (χ1) is 5.07. The average Bonchev–Trinajstić information content (AvgIpc) is 1.99. The molecule has 2 atom stereocenters. The van der Waals surface area contributed by atoms with Crippen molar-refractivity contribution < 1.29 is 0 Å². The molecule has 1 nitrogen and oxygen atoms in total. The minimum Gasteiger partial charge on any atom is -0.311 e. The zero-order valence-electron chi connectivity index (χ0n) is 8.22. The van der Waals surface area contributed by atoms with Gasteiger partial charge in [-0.15, -0.1) is 6.58 Å². The van der Waals surface area contributed by atoms with Crippen LogP contribution in [-0.2, 0) is 0 Å². The van der Waals surface area contributed by atoms with E-state index in [1.165, 1.54) is 0 Å². The number of nitrogens with one attached hydrogen (secondary N) is 1. The van der Waals surface area contributed by atoms with E-state index in [-0.39, 0.29) is 0 Å². The van der Waals surface area contributed by atoms with E-state index in [0.717, 1.165) is 18.4 Å². The molecule has 0 aliphatic carbocycles. The molecule has 0 heterocycles. The minimum absolute atomic E-state index is 0.441. The van der Waals surface area contributed by atoms with Gasteiger partial charge in [0.05, 0.1) is 0 Å². The second-order valence-corrected chi connectivity index (χ2v) is 3.65. The highest BCUT2D eigenvalue weighted by molar-refractivity contribution is 4.81. The third-order valence-corrected chi connectivity index (χ3v) is 2.25. The molecule has 0 aliphatic heterocycles. The van der Waals surface area contributed by atoms with Gasteiger partial charge in [-0.05, 0) is 25.3 Å². The van der Waals surface area contributed by atoms with Crippen LogP contribution in [0, 0.1) is 11.8 Å². The largest absolute Gasteiger partial charge is 0.311 e. The first-order valence-corrected chi connectivity index (χ1v) is 4.43. The van der Waals surface area contributed by atoms with Crippen molar-refractivity contribution in [1.29, 1.82) is 0 Å². The normalized spacial score (nSPS) is 16.5. The standard InChI is InChI=1S/C10H21N/c1-6-10(5)11-7-9(4)8(2)3/h6,8-11H,1,7H2,2-5H3. The Morgan fingerprint density at radius 2 is 1.82 bits per heavy atom. The van der Waals surface area contributed by atoms with E-state index in [4.69, 9.17) is 0 Å². The fraction of sp³-hybridized carbons (Fsp3) is 0.800. The van der Waals surface area contributed by atoms with E-state index in [1.54, 1.807) is 0 Å². The Kier molecular flexibility index (Phi) is 5.22. The highest BCUT2D eigenvalue weighted by Gasteiger charge is 2.06. The monoisotopic (exact) mass is 155 g/mol. The van der Waals surface area contributed by atoms with E-state index >= 15 is 0 Å². The number of rotatable bonds is 5. The zero-order valence-corrected chi connectivity index (χ0v) is 8.22. The van der Waals surface area contributed by atoms with Gasteiger partial charge in [0.15, 0.2) is 0 Å². The summed E-state index contributed by atoms with van der Waals surface area (Å²) < 4.78 is 0. The molecular formula is C10H21N. The van der Waals surface area contributed by atoms with Crippen LogP contribution in [0.2, 0.25) is 0 Å². The van der Waals surface area contributed by atoms with E-state index < -0.39 is 0 Å². The number of hydrogen-bond donors (Lipinski definition) is 1. The molecule has 1 heteroatoms.